The Kier molecular flexibility index (Phi) is 6.74. The van der Waals surface area contributed by atoms with Gasteiger partial charge in [0.1, 0.15) is 11.3 Å². The number of urea groups is 1. The molecule has 8 nitrogen and oxygen atoms in total. The zero-order valence-electron chi connectivity index (χ0n) is 15.2. The minimum absolute atomic E-state index is 0.131. The van der Waals surface area contributed by atoms with Crippen molar-refractivity contribution in [1.29, 1.82) is 0 Å². The normalized spacial score (nSPS) is 19.4. The fourth-order valence-electron chi connectivity index (χ4n) is 3.44. The number of carboxylic acids is 1. The molecule has 0 bridgehead atoms. The van der Waals surface area contributed by atoms with Gasteiger partial charge in [0.05, 0.1) is 8.95 Å². The number of benzene rings is 1. The quantitative estimate of drug-likeness (QED) is 0.446. The maximum absolute atomic E-state index is 12.9. The molecule has 1 aliphatic carbocycles. The van der Waals surface area contributed by atoms with Crippen LogP contribution in [0.3, 0.4) is 0 Å². The van der Waals surface area contributed by atoms with Crippen molar-refractivity contribution >= 4 is 61.8 Å². The van der Waals surface area contributed by atoms with Gasteiger partial charge in [-0.3, -0.25) is 19.8 Å². The molecule has 0 atom stereocenters. The number of ether oxygens (including phenoxy) is 1. The highest BCUT2D eigenvalue weighted by Gasteiger charge is 2.40. The van der Waals surface area contributed by atoms with E-state index < -0.39 is 30.4 Å². The van der Waals surface area contributed by atoms with E-state index in [9.17, 15) is 19.2 Å². The lowest BCUT2D eigenvalue weighted by atomic mass is 9.93. The fraction of sp³-hybridized carbons (Fsp3) is 0.368. The van der Waals surface area contributed by atoms with Crippen LogP contribution in [0.5, 0.6) is 5.75 Å². The Labute approximate surface area is 183 Å². The van der Waals surface area contributed by atoms with E-state index in [2.05, 4.69) is 37.2 Å². The second-order valence-electron chi connectivity index (χ2n) is 6.78. The first-order chi connectivity index (χ1) is 13.8. The standard InChI is InChI=1S/C19H18Br2N2O6/c20-13-7-10(8-14(21)16(13)29-9-15(24)25)6-12-17(26)22-19(28)23(18(12)27)11-4-2-1-3-5-11/h6-8,11H,1-5,9H2,(H,24,25)(H,22,26,28). The average molecular weight is 530 g/mol. The molecule has 1 saturated heterocycles. The Morgan fingerprint density at radius 2 is 1.79 bits per heavy atom. The average Bonchev–Trinajstić information content (AvgIpc) is 2.65. The summed E-state index contributed by atoms with van der Waals surface area (Å²) < 4.78 is 6.11. The molecule has 1 saturated carbocycles. The topological polar surface area (TPSA) is 113 Å². The number of hydrogen-bond donors (Lipinski definition) is 2. The minimum Gasteiger partial charge on any atom is -0.480 e. The fourth-order valence-corrected chi connectivity index (χ4v) is 4.89. The van der Waals surface area contributed by atoms with Crippen LogP contribution in [-0.4, -0.2) is 46.5 Å². The summed E-state index contributed by atoms with van der Waals surface area (Å²) in [5, 5.41) is 11.0. The lowest BCUT2D eigenvalue weighted by Gasteiger charge is -2.35. The summed E-state index contributed by atoms with van der Waals surface area (Å²) in [6.07, 6.45) is 5.80. The molecule has 0 spiro atoms. The molecule has 0 unspecified atom stereocenters. The first-order valence-corrected chi connectivity index (χ1v) is 10.6. The number of carboxylic acid groups (broad SMARTS) is 1. The van der Waals surface area contributed by atoms with Crippen LogP contribution < -0.4 is 10.1 Å². The number of carbonyl (C=O) groups is 4. The van der Waals surface area contributed by atoms with Gasteiger partial charge in [-0.15, -0.1) is 0 Å². The molecule has 4 amide bonds. The Morgan fingerprint density at radius 3 is 2.38 bits per heavy atom. The van der Waals surface area contributed by atoms with E-state index in [-0.39, 0.29) is 17.4 Å². The summed E-state index contributed by atoms with van der Waals surface area (Å²) >= 11 is 6.60. The molecule has 1 aliphatic heterocycles. The molecule has 10 heteroatoms. The van der Waals surface area contributed by atoms with Gasteiger partial charge in [0.25, 0.3) is 11.8 Å². The van der Waals surface area contributed by atoms with Gasteiger partial charge in [-0.2, -0.15) is 0 Å². The summed E-state index contributed by atoms with van der Waals surface area (Å²) in [6, 6.07) is 2.30. The van der Waals surface area contributed by atoms with Crippen LogP contribution in [0.1, 0.15) is 37.7 Å². The molecule has 29 heavy (non-hydrogen) atoms. The summed E-state index contributed by atoms with van der Waals surface area (Å²) in [6.45, 7) is -0.517. The van der Waals surface area contributed by atoms with Crippen molar-refractivity contribution in [3.8, 4) is 5.75 Å². The van der Waals surface area contributed by atoms with Crippen molar-refractivity contribution < 1.29 is 29.0 Å². The lowest BCUT2D eigenvalue weighted by Crippen LogP contribution is -2.58. The molecule has 2 fully saturated rings. The second kappa shape index (κ2) is 9.08. The van der Waals surface area contributed by atoms with E-state index in [1.165, 1.54) is 6.08 Å². The first-order valence-electron chi connectivity index (χ1n) is 9.02. The van der Waals surface area contributed by atoms with Gasteiger partial charge >= 0.3 is 12.0 Å². The first kappa shape index (κ1) is 21.5. The zero-order valence-corrected chi connectivity index (χ0v) is 18.4. The number of aliphatic carboxylic acids is 1. The highest BCUT2D eigenvalue weighted by atomic mass is 79.9. The van der Waals surface area contributed by atoms with E-state index in [4.69, 9.17) is 9.84 Å². The van der Waals surface area contributed by atoms with Gasteiger partial charge in [-0.05, 0) is 68.5 Å². The SMILES string of the molecule is O=C(O)COc1c(Br)cc(C=C2C(=O)NC(=O)N(C3CCCCC3)C2=O)cc1Br. The van der Waals surface area contributed by atoms with Gasteiger partial charge in [-0.1, -0.05) is 19.3 Å². The number of nitrogens with zero attached hydrogens (tertiary/aromatic N) is 1. The third-order valence-corrected chi connectivity index (χ3v) is 5.92. The Bertz CT molecular complexity index is 885. The van der Waals surface area contributed by atoms with E-state index >= 15 is 0 Å². The molecule has 0 radical (unpaired) electrons. The van der Waals surface area contributed by atoms with Crippen molar-refractivity contribution in [1.82, 2.24) is 10.2 Å². The van der Waals surface area contributed by atoms with Crippen LogP contribution in [0.25, 0.3) is 6.08 Å². The van der Waals surface area contributed by atoms with Crippen LogP contribution in [0.2, 0.25) is 0 Å². The van der Waals surface area contributed by atoms with Crippen LogP contribution in [0.15, 0.2) is 26.7 Å². The molecule has 1 aromatic rings. The second-order valence-corrected chi connectivity index (χ2v) is 8.49. The number of rotatable bonds is 5. The van der Waals surface area contributed by atoms with Crippen LogP contribution in [-0.2, 0) is 14.4 Å². The predicted octanol–water partition coefficient (Wildman–Crippen LogP) is 3.47. The van der Waals surface area contributed by atoms with E-state index in [0.717, 1.165) is 37.0 Å². The number of nitrogens with one attached hydrogen (secondary N) is 1. The van der Waals surface area contributed by atoms with Crippen LogP contribution in [0.4, 0.5) is 4.79 Å². The van der Waals surface area contributed by atoms with Gasteiger partial charge in [0.2, 0.25) is 0 Å². The summed E-state index contributed by atoms with van der Waals surface area (Å²) in [5.74, 6) is -2.19. The summed E-state index contributed by atoms with van der Waals surface area (Å²) in [4.78, 5) is 49.3. The van der Waals surface area contributed by atoms with Gasteiger partial charge in [-0.25, -0.2) is 9.59 Å². The molecule has 0 aromatic heterocycles. The van der Waals surface area contributed by atoms with E-state index in [1.807, 2.05) is 0 Å². The predicted molar refractivity (Wildman–Crippen MR) is 110 cm³/mol. The lowest BCUT2D eigenvalue weighted by molar-refractivity contribution is -0.139. The maximum Gasteiger partial charge on any atom is 0.341 e. The molecule has 1 heterocycles. The van der Waals surface area contributed by atoms with E-state index in [1.54, 1.807) is 12.1 Å². The Hall–Kier alpha value is -2.20. The number of barbiturate groups is 1. The molecule has 154 valence electrons. The summed E-state index contributed by atoms with van der Waals surface area (Å²) in [7, 11) is 0. The number of halogens is 2. The summed E-state index contributed by atoms with van der Waals surface area (Å²) in [5.41, 5.74) is 0.371. The smallest absolute Gasteiger partial charge is 0.341 e. The van der Waals surface area contributed by atoms with Gasteiger partial charge < -0.3 is 9.84 Å². The zero-order chi connectivity index (χ0) is 21.1. The molecule has 2 aliphatic rings. The van der Waals surface area contributed by atoms with Crippen LogP contribution in [0, 0.1) is 0 Å². The van der Waals surface area contributed by atoms with Gasteiger partial charge in [0.15, 0.2) is 6.61 Å². The minimum atomic E-state index is -1.12. The van der Waals surface area contributed by atoms with E-state index in [0.29, 0.717) is 14.5 Å². The number of imide groups is 2. The largest absolute Gasteiger partial charge is 0.480 e. The highest BCUT2D eigenvalue weighted by molar-refractivity contribution is 9.11. The van der Waals surface area contributed by atoms with Crippen molar-refractivity contribution in [2.45, 2.75) is 38.1 Å². The van der Waals surface area contributed by atoms with Gasteiger partial charge in [0, 0.05) is 6.04 Å². The Morgan fingerprint density at radius 1 is 1.17 bits per heavy atom. The number of amides is 4. The molecule has 1 aromatic carbocycles. The van der Waals surface area contributed by atoms with Crippen molar-refractivity contribution in [2.24, 2.45) is 0 Å². The highest BCUT2D eigenvalue weighted by Crippen LogP contribution is 2.36. The molecular formula is C19H18Br2N2O6. The molecule has 2 N–H and O–H groups in total. The third kappa shape index (κ3) is 4.87. The molecular weight excluding hydrogens is 512 g/mol. The maximum atomic E-state index is 12.9. The van der Waals surface area contributed by atoms with Crippen LogP contribution >= 0.6 is 31.9 Å². The third-order valence-electron chi connectivity index (χ3n) is 4.74. The molecule has 3 rings (SSSR count). The van der Waals surface area contributed by atoms with Crippen molar-refractivity contribution in [3.05, 3.63) is 32.2 Å². The monoisotopic (exact) mass is 528 g/mol. The number of carbonyl (C=O) groups excluding carboxylic acids is 3. The van der Waals surface area contributed by atoms with Crippen molar-refractivity contribution in [3.63, 3.8) is 0 Å². The van der Waals surface area contributed by atoms with Crippen molar-refractivity contribution in [2.75, 3.05) is 6.61 Å². The number of hydrogen-bond acceptors (Lipinski definition) is 5. The Balaban J connectivity index is 1.89.